The molecule has 0 unspecified atom stereocenters. The van der Waals surface area contributed by atoms with Crippen molar-refractivity contribution in [1.82, 2.24) is 19.9 Å². The second-order valence-electron chi connectivity index (χ2n) is 5.85. The monoisotopic (exact) mass is 315 g/mol. The van der Waals surface area contributed by atoms with Crippen molar-refractivity contribution in [3.8, 4) is 0 Å². The highest BCUT2D eigenvalue weighted by molar-refractivity contribution is 5.44. The Labute approximate surface area is 134 Å². The van der Waals surface area contributed by atoms with Gasteiger partial charge in [-0.3, -0.25) is 0 Å². The maximum absolute atomic E-state index is 9.46. The number of aromatic nitrogens is 4. The van der Waals surface area contributed by atoms with E-state index in [1.54, 1.807) is 19.4 Å². The summed E-state index contributed by atoms with van der Waals surface area (Å²) in [5.41, 5.74) is 7.71. The first-order valence-electron chi connectivity index (χ1n) is 7.57. The molecule has 8 nitrogen and oxygen atoms in total. The molecule has 0 amide bonds. The number of nitrogen functional groups attached to an aromatic ring is 1. The van der Waals surface area contributed by atoms with E-state index < -0.39 is 0 Å². The van der Waals surface area contributed by atoms with Gasteiger partial charge in [0, 0.05) is 50.6 Å². The van der Waals surface area contributed by atoms with Crippen LogP contribution >= 0.6 is 0 Å². The second kappa shape index (κ2) is 6.33. The van der Waals surface area contributed by atoms with Crippen LogP contribution in [0.5, 0.6) is 0 Å². The Morgan fingerprint density at radius 3 is 2.61 bits per heavy atom. The molecule has 0 radical (unpaired) electrons. The van der Waals surface area contributed by atoms with Crippen molar-refractivity contribution >= 4 is 17.7 Å². The van der Waals surface area contributed by atoms with Crippen LogP contribution in [0.25, 0.3) is 0 Å². The predicted octanol–water partition coefficient (Wildman–Crippen LogP) is 0.765. The summed E-state index contributed by atoms with van der Waals surface area (Å²) >= 11 is 0. The highest BCUT2D eigenvalue weighted by Gasteiger charge is 2.30. The zero-order chi connectivity index (χ0) is 16.4. The molecule has 8 heteroatoms. The molecule has 1 aliphatic carbocycles. The average molecular weight is 315 g/mol. The summed E-state index contributed by atoms with van der Waals surface area (Å²) in [7, 11) is 3.72. The van der Waals surface area contributed by atoms with Crippen LogP contribution in [0, 0.1) is 0 Å². The SMILES string of the molecule is CNc1ncc(CN(C)c2cc(C3CC(O)C3)nc(N)n2)cn1. The summed E-state index contributed by atoms with van der Waals surface area (Å²) in [6, 6.07) is 1.94. The Bertz CT molecular complexity index is 670. The summed E-state index contributed by atoms with van der Waals surface area (Å²) in [5.74, 6) is 1.87. The Morgan fingerprint density at radius 2 is 2.00 bits per heavy atom. The van der Waals surface area contributed by atoms with Gasteiger partial charge in [-0.05, 0) is 12.8 Å². The summed E-state index contributed by atoms with van der Waals surface area (Å²) < 4.78 is 0. The van der Waals surface area contributed by atoms with Crippen molar-refractivity contribution in [2.75, 3.05) is 30.0 Å². The van der Waals surface area contributed by atoms with E-state index in [0.717, 1.165) is 29.9 Å². The Balaban J connectivity index is 1.74. The van der Waals surface area contributed by atoms with E-state index in [2.05, 4.69) is 25.3 Å². The molecule has 122 valence electrons. The van der Waals surface area contributed by atoms with Crippen LogP contribution in [-0.2, 0) is 6.54 Å². The number of nitrogens with two attached hydrogens (primary N) is 1. The molecule has 1 saturated carbocycles. The van der Waals surface area contributed by atoms with E-state index in [9.17, 15) is 5.11 Å². The third-order valence-corrected chi connectivity index (χ3v) is 4.02. The molecule has 0 bridgehead atoms. The highest BCUT2D eigenvalue weighted by Crippen LogP contribution is 2.36. The standard InChI is InChI=1S/C15H21N7O/c1-17-15-18-6-9(7-19-15)8-22(2)13-5-12(20-14(16)21-13)10-3-11(23)4-10/h5-7,10-11,23H,3-4,8H2,1-2H3,(H2,16,20,21)(H,17,18,19). The summed E-state index contributed by atoms with van der Waals surface area (Å²) in [4.78, 5) is 19.0. The van der Waals surface area contributed by atoms with Crippen molar-refractivity contribution in [1.29, 1.82) is 0 Å². The minimum atomic E-state index is -0.222. The molecular weight excluding hydrogens is 294 g/mol. The third-order valence-electron chi connectivity index (χ3n) is 4.02. The van der Waals surface area contributed by atoms with E-state index in [0.29, 0.717) is 12.5 Å². The molecule has 4 N–H and O–H groups in total. The molecule has 0 spiro atoms. The summed E-state index contributed by atoms with van der Waals surface area (Å²) in [6.07, 6.45) is 4.81. The molecule has 2 aromatic rings. The van der Waals surface area contributed by atoms with Gasteiger partial charge in [0.1, 0.15) is 5.82 Å². The molecular formula is C15H21N7O. The lowest BCUT2D eigenvalue weighted by Gasteiger charge is -2.31. The minimum Gasteiger partial charge on any atom is -0.393 e. The van der Waals surface area contributed by atoms with Crippen molar-refractivity contribution in [2.45, 2.75) is 31.4 Å². The number of aliphatic hydroxyl groups is 1. The molecule has 23 heavy (non-hydrogen) atoms. The van der Waals surface area contributed by atoms with Crippen LogP contribution in [0.4, 0.5) is 17.7 Å². The molecule has 0 atom stereocenters. The van der Waals surface area contributed by atoms with Gasteiger partial charge >= 0.3 is 0 Å². The number of aliphatic hydroxyl groups excluding tert-OH is 1. The minimum absolute atomic E-state index is 0.222. The van der Waals surface area contributed by atoms with Crippen molar-refractivity contribution in [2.24, 2.45) is 0 Å². The van der Waals surface area contributed by atoms with Gasteiger partial charge in [-0.1, -0.05) is 0 Å². The van der Waals surface area contributed by atoms with Crippen LogP contribution < -0.4 is 16.0 Å². The molecule has 2 aromatic heterocycles. The van der Waals surface area contributed by atoms with Gasteiger partial charge < -0.3 is 21.1 Å². The van der Waals surface area contributed by atoms with Gasteiger partial charge in [-0.2, -0.15) is 4.98 Å². The zero-order valence-corrected chi connectivity index (χ0v) is 13.3. The normalized spacial score (nSPS) is 20.0. The fourth-order valence-corrected chi connectivity index (χ4v) is 2.63. The first-order chi connectivity index (χ1) is 11.0. The van der Waals surface area contributed by atoms with E-state index in [1.165, 1.54) is 0 Å². The molecule has 2 heterocycles. The lowest BCUT2D eigenvalue weighted by Crippen LogP contribution is -2.28. The fraction of sp³-hybridized carbons (Fsp3) is 0.467. The molecule has 0 aliphatic heterocycles. The maximum atomic E-state index is 9.46. The first kappa shape index (κ1) is 15.4. The summed E-state index contributed by atoms with van der Waals surface area (Å²) in [6.45, 7) is 0.618. The van der Waals surface area contributed by atoms with E-state index in [1.807, 2.05) is 18.0 Å². The fourth-order valence-electron chi connectivity index (χ4n) is 2.63. The van der Waals surface area contributed by atoms with Gasteiger partial charge in [0.15, 0.2) is 0 Å². The number of anilines is 3. The molecule has 1 fully saturated rings. The number of hydrogen-bond acceptors (Lipinski definition) is 8. The van der Waals surface area contributed by atoms with Crippen molar-refractivity contribution in [3.05, 3.63) is 29.7 Å². The number of hydrogen-bond donors (Lipinski definition) is 3. The van der Waals surface area contributed by atoms with Gasteiger partial charge in [-0.25, -0.2) is 15.0 Å². The topological polar surface area (TPSA) is 113 Å². The van der Waals surface area contributed by atoms with Crippen LogP contribution in [-0.4, -0.2) is 45.2 Å². The summed E-state index contributed by atoms with van der Waals surface area (Å²) in [5, 5.41) is 12.4. The van der Waals surface area contributed by atoms with Gasteiger partial charge in [0.05, 0.1) is 11.8 Å². The van der Waals surface area contributed by atoms with Crippen molar-refractivity contribution < 1.29 is 5.11 Å². The van der Waals surface area contributed by atoms with Crippen LogP contribution in [0.15, 0.2) is 18.5 Å². The molecule has 3 rings (SSSR count). The Morgan fingerprint density at radius 1 is 1.30 bits per heavy atom. The quantitative estimate of drug-likeness (QED) is 0.741. The van der Waals surface area contributed by atoms with Gasteiger partial charge in [-0.15, -0.1) is 0 Å². The van der Waals surface area contributed by atoms with E-state index in [4.69, 9.17) is 5.73 Å². The van der Waals surface area contributed by atoms with Crippen LogP contribution in [0.1, 0.15) is 30.0 Å². The molecule has 0 aromatic carbocycles. The Kier molecular flexibility index (Phi) is 4.24. The first-order valence-corrected chi connectivity index (χ1v) is 7.57. The van der Waals surface area contributed by atoms with Gasteiger partial charge in [0.2, 0.25) is 11.9 Å². The van der Waals surface area contributed by atoms with E-state index >= 15 is 0 Å². The van der Waals surface area contributed by atoms with Gasteiger partial charge in [0.25, 0.3) is 0 Å². The number of nitrogens with one attached hydrogen (secondary N) is 1. The average Bonchev–Trinajstić information content (AvgIpc) is 2.52. The lowest BCUT2D eigenvalue weighted by atomic mass is 9.80. The smallest absolute Gasteiger partial charge is 0.222 e. The Hall–Kier alpha value is -2.48. The lowest BCUT2D eigenvalue weighted by molar-refractivity contribution is 0.0732. The van der Waals surface area contributed by atoms with Crippen molar-refractivity contribution in [3.63, 3.8) is 0 Å². The largest absolute Gasteiger partial charge is 0.393 e. The number of nitrogens with zero attached hydrogens (tertiary/aromatic N) is 5. The van der Waals surface area contributed by atoms with Crippen LogP contribution in [0.3, 0.4) is 0 Å². The third kappa shape index (κ3) is 3.48. The van der Waals surface area contributed by atoms with E-state index in [-0.39, 0.29) is 18.0 Å². The van der Waals surface area contributed by atoms with Crippen LogP contribution in [0.2, 0.25) is 0 Å². The maximum Gasteiger partial charge on any atom is 0.222 e. The molecule has 0 saturated heterocycles. The zero-order valence-electron chi connectivity index (χ0n) is 13.3. The highest BCUT2D eigenvalue weighted by atomic mass is 16.3. The predicted molar refractivity (Wildman–Crippen MR) is 88.1 cm³/mol. The second-order valence-corrected chi connectivity index (χ2v) is 5.85. The number of rotatable bonds is 5. The molecule has 1 aliphatic rings.